The molecule has 0 aromatic rings. The van der Waals surface area contributed by atoms with Gasteiger partial charge < -0.3 is 14.0 Å². The number of rotatable bonds is 0. The number of hydrogen-bond donors (Lipinski definition) is 2. The molecular weight excluding hydrogens is 138 g/mol. The van der Waals surface area contributed by atoms with Crippen molar-refractivity contribution in [3.8, 4) is 0 Å². The largest absolute Gasteiger partial charge is 1.00 e. The average Bonchev–Trinajstić information content (AvgIpc) is 1.41. The van der Waals surface area contributed by atoms with Gasteiger partial charge in [0.05, 0.1) is 10.8 Å². The topological polar surface area (TPSA) is 110 Å². The summed E-state index contributed by atoms with van der Waals surface area (Å²) < 4.78 is 25.2. The molecule has 0 aliphatic heterocycles. The average molecular weight is 140 g/mol. The Bertz CT molecular complexity index is 12.8. The van der Waals surface area contributed by atoms with Gasteiger partial charge in [0, 0.05) is 0 Å². The van der Waals surface area contributed by atoms with E-state index in [-0.39, 0.29) is 29.6 Å². The van der Waals surface area contributed by atoms with Gasteiger partial charge in [-0.25, -0.2) is 0 Å². The first kappa shape index (κ1) is 15.7. The van der Waals surface area contributed by atoms with E-state index >= 15 is 0 Å². The minimum Gasteiger partial charge on any atom is -0.357 e. The summed E-state index contributed by atoms with van der Waals surface area (Å²) in [6, 6.07) is 0. The first-order valence-corrected chi connectivity index (χ1v) is 1.59. The van der Waals surface area contributed by atoms with Crippen LogP contribution in [-0.2, 0) is 0 Å². The van der Waals surface area contributed by atoms with Gasteiger partial charge in [-0.3, -0.25) is 10.5 Å². The maximum Gasteiger partial charge on any atom is 1.00 e. The molecule has 0 saturated carbocycles. The summed E-state index contributed by atoms with van der Waals surface area (Å²) in [4.78, 5) is 0. The molecule has 0 fully saturated rings. The summed E-state index contributed by atoms with van der Waals surface area (Å²) in [5.41, 5.74) is 0. The van der Waals surface area contributed by atoms with Crippen LogP contribution in [0.4, 0.5) is 0 Å². The van der Waals surface area contributed by atoms with Crippen molar-refractivity contribution in [2.75, 3.05) is 0 Å². The minimum absolute atomic E-state index is 0. The Hall–Kier alpha value is 1.09. The molecule has 0 bridgehead atoms. The van der Waals surface area contributed by atoms with E-state index in [1.807, 2.05) is 0 Å². The van der Waals surface area contributed by atoms with Crippen LogP contribution >= 0.6 is 0 Å². The van der Waals surface area contributed by atoms with E-state index in [9.17, 15) is 0 Å². The third kappa shape index (κ3) is 155. The molecule has 0 amide bonds. The Morgan fingerprint density at radius 2 is 1.00 bits per heavy atom. The predicted molar refractivity (Wildman–Crippen MR) is 5.26 cm³/mol. The summed E-state index contributed by atoms with van der Waals surface area (Å²) in [6.07, 6.45) is 0. The summed E-state index contributed by atoms with van der Waals surface area (Å²) in [6.45, 7) is 0. The van der Waals surface area contributed by atoms with E-state index in [2.05, 4.69) is 0 Å². The van der Waals surface area contributed by atoms with Crippen LogP contribution in [0.1, 0.15) is 0 Å². The third-order valence-electron chi connectivity index (χ3n) is 0. The van der Waals surface area contributed by atoms with Gasteiger partial charge in [-0.15, -0.1) is 0 Å². The monoisotopic (exact) mass is 140 g/mol. The van der Waals surface area contributed by atoms with Crippen LogP contribution in [-0.4, -0.2) is 10.5 Å². The van der Waals surface area contributed by atoms with Crippen LogP contribution in [0.2, 0.25) is 0 Å². The van der Waals surface area contributed by atoms with Gasteiger partial charge >= 0.3 is 29.6 Å². The van der Waals surface area contributed by atoms with E-state index in [1.165, 1.54) is 0 Å². The number of hydrogen-bond acceptors (Lipinski definition) is 5. The Labute approximate surface area is 64.8 Å². The molecule has 0 aromatic heterocycles. The summed E-state index contributed by atoms with van der Waals surface area (Å²) in [5, 5.41) is 12.0. The standard InChI is InChI=1S/ClO3.Na.H2O2/c2-1(3)4;;1-2/h;;1-2H/q-1;+1;. The summed E-state index contributed by atoms with van der Waals surface area (Å²) in [5.74, 6) is 0. The molecule has 0 spiro atoms. The zero-order valence-corrected chi connectivity index (χ0v) is 6.25. The normalized spacial score (nSPS) is 6.00. The van der Waals surface area contributed by atoms with Crippen molar-refractivity contribution >= 4 is 0 Å². The second-order valence-electron chi connectivity index (χ2n) is 0.189. The molecule has 0 atom stereocenters. The van der Waals surface area contributed by atoms with Crippen molar-refractivity contribution in [3.05, 3.63) is 0 Å². The van der Waals surface area contributed by atoms with Crippen LogP contribution < -0.4 is 43.5 Å². The fourth-order valence-corrected chi connectivity index (χ4v) is 0. The zero-order valence-electron chi connectivity index (χ0n) is 3.50. The predicted octanol–water partition coefficient (Wildman–Crippen LogP) is -6.55. The first-order chi connectivity index (χ1) is 2.73. The summed E-state index contributed by atoms with van der Waals surface area (Å²) in [7, 11) is -2.85. The van der Waals surface area contributed by atoms with Crippen LogP contribution in [0.3, 0.4) is 0 Å². The third-order valence-corrected chi connectivity index (χ3v) is 0. The summed E-state index contributed by atoms with van der Waals surface area (Å²) >= 11 is 0. The van der Waals surface area contributed by atoms with Crippen LogP contribution in [0.25, 0.3) is 0 Å². The molecule has 0 radical (unpaired) electrons. The van der Waals surface area contributed by atoms with Gasteiger partial charge in [-0.2, -0.15) is 0 Å². The maximum atomic E-state index is 8.41. The molecular formula is H2ClNaO5. The molecule has 0 heterocycles. The molecule has 40 valence electrons. The quantitative estimate of drug-likeness (QED) is 0.198. The zero-order chi connectivity index (χ0) is 5.58. The van der Waals surface area contributed by atoms with Gasteiger partial charge in [0.1, 0.15) is 0 Å². The molecule has 2 N–H and O–H groups in total. The van der Waals surface area contributed by atoms with E-state index in [4.69, 9.17) is 24.5 Å². The molecule has 0 aromatic carbocycles. The van der Waals surface area contributed by atoms with E-state index in [0.29, 0.717) is 0 Å². The van der Waals surface area contributed by atoms with Gasteiger partial charge in [0.25, 0.3) is 0 Å². The van der Waals surface area contributed by atoms with Gasteiger partial charge in [-0.05, 0) is 0 Å². The van der Waals surface area contributed by atoms with Crippen molar-refractivity contribution in [1.82, 2.24) is 0 Å². The molecule has 0 saturated heterocycles. The Kier molecular flexibility index (Phi) is 35.2. The van der Waals surface area contributed by atoms with Gasteiger partial charge in [0.2, 0.25) is 0 Å². The fraction of sp³-hybridized carbons (Fsp3) is 0. The molecule has 0 aliphatic carbocycles. The second kappa shape index (κ2) is 15.7. The second-order valence-corrected chi connectivity index (χ2v) is 0.567. The Balaban J connectivity index is -0.0000000480. The van der Waals surface area contributed by atoms with E-state index in [1.54, 1.807) is 0 Å². The molecule has 5 nitrogen and oxygen atoms in total. The number of halogens is 1. The SMILES string of the molecule is OO.[Na+].[O-][Cl+2]([O-])[O-]. The molecule has 0 rings (SSSR count). The fourth-order valence-electron chi connectivity index (χ4n) is 0. The van der Waals surface area contributed by atoms with Crippen LogP contribution in [0.15, 0.2) is 0 Å². The molecule has 7 heteroatoms. The van der Waals surface area contributed by atoms with Crippen molar-refractivity contribution in [2.45, 2.75) is 0 Å². The Morgan fingerprint density at radius 3 is 1.00 bits per heavy atom. The van der Waals surface area contributed by atoms with Crippen LogP contribution in [0.5, 0.6) is 0 Å². The molecule has 7 heavy (non-hydrogen) atoms. The van der Waals surface area contributed by atoms with Crippen molar-refractivity contribution in [3.63, 3.8) is 0 Å². The van der Waals surface area contributed by atoms with Gasteiger partial charge in [0.15, 0.2) is 0 Å². The van der Waals surface area contributed by atoms with Crippen molar-refractivity contribution < 1.29 is 64.8 Å². The van der Waals surface area contributed by atoms with Crippen molar-refractivity contribution in [1.29, 1.82) is 0 Å². The van der Waals surface area contributed by atoms with Crippen molar-refractivity contribution in [2.24, 2.45) is 0 Å². The first-order valence-electron chi connectivity index (χ1n) is 0.663. The van der Waals surface area contributed by atoms with E-state index < -0.39 is 10.8 Å². The maximum absolute atomic E-state index is 8.41. The molecule has 0 aliphatic rings. The van der Waals surface area contributed by atoms with Gasteiger partial charge in [-0.1, -0.05) is 0 Å². The minimum atomic E-state index is -2.85. The Morgan fingerprint density at radius 1 is 1.00 bits per heavy atom. The van der Waals surface area contributed by atoms with E-state index in [0.717, 1.165) is 0 Å². The smallest absolute Gasteiger partial charge is 0.357 e. The van der Waals surface area contributed by atoms with Crippen LogP contribution in [0, 0.1) is 10.8 Å². The molecule has 0 unspecified atom stereocenters.